The van der Waals surface area contributed by atoms with E-state index >= 15 is 0 Å². The summed E-state index contributed by atoms with van der Waals surface area (Å²) >= 11 is 5.81. The van der Waals surface area contributed by atoms with Crippen molar-refractivity contribution in [2.75, 3.05) is 13.2 Å². The molecule has 2 fully saturated rings. The van der Waals surface area contributed by atoms with E-state index < -0.39 is 0 Å². The minimum absolute atomic E-state index is 0.252. The number of esters is 1. The van der Waals surface area contributed by atoms with Crippen LogP contribution in [0.3, 0.4) is 0 Å². The van der Waals surface area contributed by atoms with E-state index in [0.717, 1.165) is 31.4 Å². The lowest BCUT2D eigenvalue weighted by Gasteiger charge is -2.21. The van der Waals surface area contributed by atoms with Gasteiger partial charge in [-0.1, -0.05) is 23.7 Å². The fraction of sp³-hybridized carbons (Fsp3) is 0.438. The molecule has 0 N–H and O–H groups in total. The second kappa shape index (κ2) is 5.58. The van der Waals surface area contributed by atoms with Crippen LogP contribution in [0.4, 0.5) is 0 Å². The average molecular weight is 293 g/mol. The number of halogens is 1. The summed E-state index contributed by atoms with van der Waals surface area (Å²) in [7, 11) is 0. The molecule has 0 amide bonds. The quantitative estimate of drug-likeness (QED) is 0.630. The molecule has 0 radical (unpaired) electrons. The number of carbonyl (C=O) groups excluding carboxylic acids is 1. The topological polar surface area (TPSA) is 35.5 Å². The van der Waals surface area contributed by atoms with Gasteiger partial charge < -0.3 is 9.47 Å². The fourth-order valence-electron chi connectivity index (χ4n) is 2.64. The van der Waals surface area contributed by atoms with Gasteiger partial charge in [-0.05, 0) is 43.0 Å². The van der Waals surface area contributed by atoms with Gasteiger partial charge in [-0.2, -0.15) is 0 Å². The van der Waals surface area contributed by atoms with E-state index in [1.54, 1.807) is 18.2 Å². The van der Waals surface area contributed by atoms with Crippen LogP contribution in [0.1, 0.15) is 24.8 Å². The maximum Gasteiger partial charge on any atom is 0.331 e. The molecule has 1 unspecified atom stereocenters. The zero-order valence-electron chi connectivity index (χ0n) is 11.2. The summed E-state index contributed by atoms with van der Waals surface area (Å²) in [6.45, 7) is 1.50. The van der Waals surface area contributed by atoms with E-state index in [-0.39, 0.29) is 11.6 Å². The summed E-state index contributed by atoms with van der Waals surface area (Å²) in [5.74, 6) is 0.0970. The van der Waals surface area contributed by atoms with Gasteiger partial charge in [0.05, 0.1) is 6.61 Å². The minimum atomic E-state index is -0.274. The average Bonchev–Trinajstić information content (AvgIpc) is 3.01. The molecule has 1 saturated carbocycles. The van der Waals surface area contributed by atoms with Crippen molar-refractivity contribution in [2.45, 2.75) is 24.9 Å². The monoisotopic (exact) mass is 292 g/mol. The Hall–Kier alpha value is -1.32. The largest absolute Gasteiger partial charge is 0.456 e. The van der Waals surface area contributed by atoms with E-state index in [0.29, 0.717) is 17.5 Å². The Morgan fingerprint density at radius 3 is 2.70 bits per heavy atom. The van der Waals surface area contributed by atoms with Crippen molar-refractivity contribution >= 4 is 23.6 Å². The molecule has 106 valence electrons. The van der Waals surface area contributed by atoms with Crippen molar-refractivity contribution in [3.63, 3.8) is 0 Å². The SMILES string of the molecule is O=C(C=Cc1ccc(Cl)cc1)OC1(C2CCOC2)CC1. The second-order valence-electron chi connectivity index (χ2n) is 5.43. The van der Waals surface area contributed by atoms with Gasteiger partial charge in [0.1, 0.15) is 5.60 Å². The maximum atomic E-state index is 11.9. The van der Waals surface area contributed by atoms with Crippen LogP contribution in [-0.4, -0.2) is 24.8 Å². The molecular weight excluding hydrogens is 276 g/mol. The number of ether oxygens (including phenoxy) is 2. The summed E-state index contributed by atoms with van der Waals surface area (Å²) in [6.07, 6.45) is 6.15. The summed E-state index contributed by atoms with van der Waals surface area (Å²) in [5, 5.41) is 0.683. The third kappa shape index (κ3) is 3.05. The molecule has 20 heavy (non-hydrogen) atoms. The van der Waals surface area contributed by atoms with Crippen LogP contribution in [0, 0.1) is 5.92 Å². The summed E-state index contributed by atoms with van der Waals surface area (Å²) in [6, 6.07) is 7.32. The highest BCUT2D eigenvalue weighted by Gasteiger charge is 2.53. The van der Waals surface area contributed by atoms with E-state index in [9.17, 15) is 4.79 Å². The highest BCUT2D eigenvalue weighted by molar-refractivity contribution is 6.30. The normalized spacial score (nSPS) is 23.9. The zero-order chi connectivity index (χ0) is 14.0. The first-order valence-electron chi connectivity index (χ1n) is 6.92. The molecule has 3 rings (SSSR count). The lowest BCUT2D eigenvalue weighted by atomic mass is 9.99. The fourth-order valence-corrected chi connectivity index (χ4v) is 2.76. The molecule has 1 aromatic carbocycles. The predicted molar refractivity (Wildman–Crippen MR) is 77.5 cm³/mol. The Bertz CT molecular complexity index is 511. The third-order valence-electron chi connectivity index (χ3n) is 4.00. The molecule has 1 aliphatic carbocycles. The third-order valence-corrected chi connectivity index (χ3v) is 4.25. The van der Waals surface area contributed by atoms with Crippen molar-refractivity contribution in [1.82, 2.24) is 0 Å². The maximum absolute atomic E-state index is 11.9. The number of hydrogen-bond donors (Lipinski definition) is 0. The van der Waals surface area contributed by atoms with Crippen molar-refractivity contribution in [3.8, 4) is 0 Å². The van der Waals surface area contributed by atoms with Crippen molar-refractivity contribution in [1.29, 1.82) is 0 Å². The molecule has 1 atom stereocenters. The summed E-state index contributed by atoms with van der Waals surface area (Å²) < 4.78 is 11.0. The number of hydrogen-bond acceptors (Lipinski definition) is 3. The van der Waals surface area contributed by atoms with Crippen LogP contribution in [0.25, 0.3) is 6.08 Å². The van der Waals surface area contributed by atoms with Crippen molar-refractivity contribution < 1.29 is 14.3 Å². The Morgan fingerprint density at radius 2 is 2.10 bits per heavy atom. The molecule has 1 saturated heterocycles. The first kappa shape index (κ1) is 13.7. The molecule has 1 heterocycles. The summed E-state index contributed by atoms with van der Waals surface area (Å²) in [5.41, 5.74) is 0.679. The van der Waals surface area contributed by atoms with Gasteiger partial charge in [0.25, 0.3) is 0 Å². The van der Waals surface area contributed by atoms with Gasteiger partial charge >= 0.3 is 5.97 Å². The van der Waals surface area contributed by atoms with Crippen LogP contribution in [0.15, 0.2) is 30.3 Å². The number of rotatable bonds is 4. The molecule has 3 nitrogen and oxygen atoms in total. The van der Waals surface area contributed by atoms with Crippen LogP contribution < -0.4 is 0 Å². The molecule has 0 spiro atoms. The minimum Gasteiger partial charge on any atom is -0.456 e. The van der Waals surface area contributed by atoms with Gasteiger partial charge in [-0.3, -0.25) is 0 Å². The van der Waals surface area contributed by atoms with Crippen molar-refractivity contribution in [3.05, 3.63) is 40.9 Å². The number of benzene rings is 1. The van der Waals surface area contributed by atoms with Gasteiger partial charge in [-0.15, -0.1) is 0 Å². The van der Waals surface area contributed by atoms with Crippen LogP contribution in [0.5, 0.6) is 0 Å². The molecule has 1 aromatic rings. The van der Waals surface area contributed by atoms with Crippen LogP contribution in [-0.2, 0) is 14.3 Å². The smallest absolute Gasteiger partial charge is 0.331 e. The molecule has 0 bridgehead atoms. The lowest BCUT2D eigenvalue weighted by Crippen LogP contribution is -2.28. The van der Waals surface area contributed by atoms with Crippen molar-refractivity contribution in [2.24, 2.45) is 5.92 Å². The zero-order valence-corrected chi connectivity index (χ0v) is 11.9. The molecular formula is C16H17ClO3. The predicted octanol–water partition coefficient (Wildman–Crippen LogP) is 3.47. The Morgan fingerprint density at radius 1 is 1.35 bits per heavy atom. The van der Waals surface area contributed by atoms with E-state index in [4.69, 9.17) is 21.1 Å². The van der Waals surface area contributed by atoms with E-state index in [2.05, 4.69) is 0 Å². The van der Waals surface area contributed by atoms with Gasteiger partial charge in [-0.25, -0.2) is 4.79 Å². The first-order chi connectivity index (χ1) is 9.68. The Balaban J connectivity index is 1.58. The molecule has 2 aliphatic rings. The van der Waals surface area contributed by atoms with Crippen LogP contribution in [0.2, 0.25) is 5.02 Å². The Labute approximate surface area is 123 Å². The molecule has 1 aliphatic heterocycles. The van der Waals surface area contributed by atoms with Gasteiger partial charge in [0.2, 0.25) is 0 Å². The molecule has 0 aromatic heterocycles. The highest BCUT2D eigenvalue weighted by atomic mass is 35.5. The van der Waals surface area contributed by atoms with E-state index in [1.807, 2.05) is 12.1 Å². The van der Waals surface area contributed by atoms with Crippen LogP contribution >= 0.6 is 11.6 Å². The van der Waals surface area contributed by atoms with Gasteiger partial charge in [0, 0.05) is 23.6 Å². The standard InChI is InChI=1S/C16H17ClO3/c17-14-4-1-12(2-5-14)3-6-15(18)20-16(8-9-16)13-7-10-19-11-13/h1-6,13H,7-11H2. The highest BCUT2D eigenvalue weighted by Crippen LogP contribution is 2.49. The van der Waals surface area contributed by atoms with E-state index in [1.165, 1.54) is 6.08 Å². The Kier molecular flexibility index (Phi) is 3.81. The molecule has 4 heteroatoms. The summed E-state index contributed by atoms with van der Waals surface area (Å²) in [4.78, 5) is 11.9. The lowest BCUT2D eigenvalue weighted by molar-refractivity contribution is -0.148. The number of carbonyl (C=O) groups is 1. The van der Waals surface area contributed by atoms with Gasteiger partial charge in [0.15, 0.2) is 0 Å². The second-order valence-corrected chi connectivity index (χ2v) is 5.87. The first-order valence-corrected chi connectivity index (χ1v) is 7.30.